The van der Waals surface area contributed by atoms with Crippen LogP contribution < -0.4 is 0 Å². The first-order valence-electron chi connectivity index (χ1n) is 7.58. The Morgan fingerprint density at radius 2 is 1.33 bits per heavy atom. The van der Waals surface area contributed by atoms with Gasteiger partial charge >= 0.3 is 7.60 Å². The summed E-state index contributed by atoms with van der Waals surface area (Å²) in [4.78, 5) is 9.55. The van der Waals surface area contributed by atoms with E-state index in [0.29, 0.717) is 12.8 Å². The zero-order valence-electron chi connectivity index (χ0n) is 12.2. The molecule has 1 N–H and O–H groups in total. The number of hydrogen-bond acceptors (Lipinski definition) is 2. The lowest BCUT2D eigenvalue weighted by Crippen LogP contribution is -1.97. The summed E-state index contributed by atoms with van der Waals surface area (Å²) >= 11 is 0. The first-order valence-corrected chi connectivity index (χ1v) is 9.35. The van der Waals surface area contributed by atoms with E-state index in [0.717, 1.165) is 25.7 Å². The van der Waals surface area contributed by atoms with Gasteiger partial charge in [0.05, 0.1) is 6.61 Å². The molecule has 0 radical (unpaired) electrons. The van der Waals surface area contributed by atoms with Crippen LogP contribution in [0.1, 0.15) is 78.1 Å². The van der Waals surface area contributed by atoms with Crippen molar-refractivity contribution in [2.45, 2.75) is 78.1 Å². The molecular weight excluding hydrogens is 247 g/mol. The van der Waals surface area contributed by atoms with E-state index < -0.39 is 7.60 Å². The molecule has 3 nitrogen and oxygen atoms in total. The summed E-state index contributed by atoms with van der Waals surface area (Å²) in [6.45, 7) is 4.68. The summed E-state index contributed by atoms with van der Waals surface area (Å²) in [5.74, 6) is 0. The minimum atomic E-state index is -3.29. The molecule has 0 aliphatic heterocycles. The highest BCUT2D eigenvalue weighted by atomic mass is 31.2. The Kier molecular flexibility index (Phi) is 12.3. The molecule has 0 spiro atoms. The van der Waals surface area contributed by atoms with E-state index in [1.54, 1.807) is 0 Å². The molecule has 0 aromatic heterocycles. The van der Waals surface area contributed by atoms with Crippen molar-refractivity contribution in [1.29, 1.82) is 0 Å². The molecule has 1 unspecified atom stereocenters. The molecule has 1 atom stereocenters. The third-order valence-electron chi connectivity index (χ3n) is 3.09. The van der Waals surface area contributed by atoms with Crippen LogP contribution in [0.15, 0.2) is 0 Å². The summed E-state index contributed by atoms with van der Waals surface area (Å²) in [5, 5.41) is 0. The number of unbranched alkanes of at least 4 members (excludes halogenated alkanes) is 8. The SMILES string of the molecule is CCCCCCCCCCP(=O)(O)OCCCC. The molecule has 0 aliphatic rings. The molecule has 4 heteroatoms. The Balaban J connectivity index is 3.33. The third-order valence-corrected chi connectivity index (χ3v) is 4.55. The van der Waals surface area contributed by atoms with E-state index >= 15 is 0 Å². The maximum atomic E-state index is 11.6. The summed E-state index contributed by atoms with van der Waals surface area (Å²) in [6, 6.07) is 0. The molecule has 0 aliphatic carbocycles. The predicted octanol–water partition coefficient (Wildman–Crippen LogP) is 5.13. The molecule has 0 rings (SSSR count). The molecular formula is C14H31O3P. The lowest BCUT2D eigenvalue weighted by atomic mass is 10.1. The van der Waals surface area contributed by atoms with Crippen LogP contribution in [0.3, 0.4) is 0 Å². The van der Waals surface area contributed by atoms with Crippen molar-refractivity contribution in [2.24, 2.45) is 0 Å². The number of hydrogen-bond donors (Lipinski definition) is 1. The highest BCUT2D eigenvalue weighted by Crippen LogP contribution is 2.42. The molecule has 0 aromatic carbocycles. The predicted molar refractivity (Wildman–Crippen MR) is 78.2 cm³/mol. The quantitative estimate of drug-likeness (QED) is 0.375. The second-order valence-electron chi connectivity index (χ2n) is 5.02. The van der Waals surface area contributed by atoms with Crippen LogP contribution in [0, 0.1) is 0 Å². The van der Waals surface area contributed by atoms with Crippen LogP contribution in [0.2, 0.25) is 0 Å². The molecule has 0 amide bonds. The fourth-order valence-electron chi connectivity index (χ4n) is 1.86. The highest BCUT2D eigenvalue weighted by Gasteiger charge is 2.17. The summed E-state index contributed by atoms with van der Waals surface area (Å²) in [5.41, 5.74) is 0. The van der Waals surface area contributed by atoms with Crippen LogP contribution in [0.25, 0.3) is 0 Å². The molecule has 0 bridgehead atoms. The van der Waals surface area contributed by atoms with Gasteiger partial charge in [0.15, 0.2) is 0 Å². The fraction of sp³-hybridized carbons (Fsp3) is 1.00. The van der Waals surface area contributed by atoms with E-state index in [1.807, 2.05) is 6.92 Å². The summed E-state index contributed by atoms with van der Waals surface area (Å²) in [7, 11) is -3.29. The highest BCUT2D eigenvalue weighted by molar-refractivity contribution is 7.52. The van der Waals surface area contributed by atoms with Crippen molar-refractivity contribution < 1.29 is 14.0 Å². The second-order valence-corrected chi connectivity index (χ2v) is 7.00. The standard InChI is InChI=1S/C14H31O3P/c1-3-5-7-8-9-10-11-12-14-18(15,16)17-13-6-4-2/h3-14H2,1-2H3,(H,15,16). The topological polar surface area (TPSA) is 46.5 Å². The van der Waals surface area contributed by atoms with Crippen molar-refractivity contribution in [2.75, 3.05) is 12.8 Å². The van der Waals surface area contributed by atoms with E-state index in [4.69, 9.17) is 4.52 Å². The minimum absolute atomic E-state index is 0.325. The van der Waals surface area contributed by atoms with Gasteiger partial charge in [0, 0.05) is 6.16 Å². The van der Waals surface area contributed by atoms with Crippen molar-refractivity contribution >= 4 is 7.60 Å². The van der Waals surface area contributed by atoms with Crippen molar-refractivity contribution in [1.82, 2.24) is 0 Å². The van der Waals surface area contributed by atoms with Crippen molar-refractivity contribution in [3.8, 4) is 0 Å². The maximum absolute atomic E-state index is 11.6. The van der Waals surface area contributed by atoms with Crippen LogP contribution in [0.5, 0.6) is 0 Å². The van der Waals surface area contributed by atoms with Gasteiger partial charge in [-0.15, -0.1) is 0 Å². The van der Waals surface area contributed by atoms with Gasteiger partial charge in [0.1, 0.15) is 0 Å². The van der Waals surface area contributed by atoms with Crippen LogP contribution in [-0.4, -0.2) is 17.7 Å². The monoisotopic (exact) mass is 278 g/mol. The molecule has 0 heterocycles. The van der Waals surface area contributed by atoms with Crippen LogP contribution in [0.4, 0.5) is 0 Å². The molecule has 0 aromatic rings. The molecule has 0 saturated carbocycles. The number of rotatable bonds is 13. The average Bonchev–Trinajstić information content (AvgIpc) is 2.33. The Bertz CT molecular complexity index is 219. The molecule has 0 saturated heterocycles. The van der Waals surface area contributed by atoms with E-state index in [1.165, 1.54) is 38.5 Å². The first kappa shape index (κ1) is 18.1. The van der Waals surface area contributed by atoms with Crippen LogP contribution >= 0.6 is 7.60 Å². The van der Waals surface area contributed by atoms with Gasteiger partial charge in [0.2, 0.25) is 0 Å². The lowest BCUT2D eigenvalue weighted by molar-refractivity contribution is 0.254. The summed E-state index contributed by atoms with van der Waals surface area (Å²) in [6.07, 6.45) is 11.7. The van der Waals surface area contributed by atoms with Gasteiger partial charge in [-0.25, -0.2) is 0 Å². The normalized spacial score (nSPS) is 14.6. The Morgan fingerprint density at radius 3 is 1.89 bits per heavy atom. The maximum Gasteiger partial charge on any atom is 0.328 e. The first-order chi connectivity index (χ1) is 8.62. The van der Waals surface area contributed by atoms with E-state index in [-0.39, 0.29) is 0 Å². The van der Waals surface area contributed by atoms with Gasteiger partial charge in [0.25, 0.3) is 0 Å². The van der Waals surface area contributed by atoms with Gasteiger partial charge in [-0.3, -0.25) is 4.57 Å². The van der Waals surface area contributed by atoms with Crippen LogP contribution in [-0.2, 0) is 9.09 Å². The molecule has 18 heavy (non-hydrogen) atoms. The molecule has 110 valence electrons. The average molecular weight is 278 g/mol. The van der Waals surface area contributed by atoms with Gasteiger partial charge in [-0.05, 0) is 12.8 Å². The summed E-state index contributed by atoms with van der Waals surface area (Å²) < 4.78 is 16.6. The van der Waals surface area contributed by atoms with E-state index in [9.17, 15) is 9.46 Å². The van der Waals surface area contributed by atoms with Crippen molar-refractivity contribution in [3.05, 3.63) is 0 Å². The zero-order chi connectivity index (χ0) is 13.7. The smallest absolute Gasteiger partial charge is 0.324 e. The van der Waals surface area contributed by atoms with Crippen molar-refractivity contribution in [3.63, 3.8) is 0 Å². The Hall–Kier alpha value is 0.150. The van der Waals surface area contributed by atoms with Gasteiger partial charge in [-0.2, -0.15) is 0 Å². The van der Waals surface area contributed by atoms with Gasteiger partial charge < -0.3 is 9.42 Å². The van der Waals surface area contributed by atoms with E-state index in [2.05, 4.69) is 6.92 Å². The zero-order valence-corrected chi connectivity index (χ0v) is 13.1. The minimum Gasteiger partial charge on any atom is -0.324 e. The Labute approximate surface area is 113 Å². The van der Waals surface area contributed by atoms with Gasteiger partial charge in [-0.1, -0.05) is 65.2 Å². The third kappa shape index (κ3) is 12.6. The fourth-order valence-corrected chi connectivity index (χ4v) is 3.03. The molecule has 0 fully saturated rings. The Morgan fingerprint density at radius 1 is 0.833 bits per heavy atom. The lowest BCUT2D eigenvalue weighted by Gasteiger charge is -2.11. The largest absolute Gasteiger partial charge is 0.328 e. The second kappa shape index (κ2) is 12.2.